The Hall–Kier alpha value is -1.49. The highest BCUT2D eigenvalue weighted by molar-refractivity contribution is 5.66. The molecule has 0 aromatic heterocycles. The van der Waals surface area contributed by atoms with Gasteiger partial charge in [0.05, 0.1) is 11.6 Å². The molecule has 2 heterocycles. The Labute approximate surface area is 103 Å². The van der Waals surface area contributed by atoms with Gasteiger partial charge in [0, 0.05) is 18.8 Å². The molecule has 1 atom stereocenters. The molecular formula is C15H18N2. The molecule has 2 nitrogen and oxygen atoms in total. The van der Waals surface area contributed by atoms with Gasteiger partial charge < -0.3 is 4.90 Å². The Balaban J connectivity index is 2.19. The largest absolute Gasteiger partial charge is 0.371 e. The summed E-state index contributed by atoms with van der Waals surface area (Å²) in [6.45, 7) is 4.65. The third-order valence-corrected chi connectivity index (χ3v) is 4.22. The summed E-state index contributed by atoms with van der Waals surface area (Å²) < 4.78 is 0. The van der Waals surface area contributed by atoms with Crippen molar-refractivity contribution in [3.05, 3.63) is 28.8 Å². The summed E-state index contributed by atoms with van der Waals surface area (Å²) >= 11 is 0. The van der Waals surface area contributed by atoms with Gasteiger partial charge in [-0.15, -0.1) is 0 Å². The predicted molar refractivity (Wildman–Crippen MR) is 69.3 cm³/mol. The van der Waals surface area contributed by atoms with Gasteiger partial charge in [0.1, 0.15) is 0 Å². The van der Waals surface area contributed by atoms with Crippen molar-refractivity contribution >= 4 is 5.69 Å². The molecule has 0 fully saturated rings. The van der Waals surface area contributed by atoms with Gasteiger partial charge in [-0.05, 0) is 54.9 Å². The van der Waals surface area contributed by atoms with Crippen molar-refractivity contribution in [2.75, 3.05) is 18.0 Å². The Morgan fingerprint density at radius 3 is 3.06 bits per heavy atom. The first-order valence-corrected chi connectivity index (χ1v) is 6.65. The molecule has 17 heavy (non-hydrogen) atoms. The van der Waals surface area contributed by atoms with Gasteiger partial charge >= 0.3 is 0 Å². The molecule has 0 spiro atoms. The van der Waals surface area contributed by atoms with E-state index in [1.54, 1.807) is 0 Å². The van der Waals surface area contributed by atoms with Crippen molar-refractivity contribution in [2.45, 2.75) is 38.5 Å². The van der Waals surface area contributed by atoms with Gasteiger partial charge in [0.25, 0.3) is 0 Å². The average Bonchev–Trinajstić information content (AvgIpc) is 2.39. The molecule has 0 N–H and O–H groups in total. The zero-order valence-electron chi connectivity index (χ0n) is 10.4. The third-order valence-electron chi connectivity index (χ3n) is 4.22. The third kappa shape index (κ3) is 1.61. The highest BCUT2D eigenvalue weighted by Gasteiger charge is 2.28. The van der Waals surface area contributed by atoms with Gasteiger partial charge in [-0.25, -0.2) is 0 Å². The van der Waals surface area contributed by atoms with Crippen LogP contribution < -0.4 is 4.90 Å². The van der Waals surface area contributed by atoms with Crippen molar-refractivity contribution in [2.24, 2.45) is 0 Å². The molecular weight excluding hydrogens is 208 g/mol. The van der Waals surface area contributed by atoms with Gasteiger partial charge in [0.2, 0.25) is 0 Å². The van der Waals surface area contributed by atoms with E-state index in [1.165, 1.54) is 49.2 Å². The van der Waals surface area contributed by atoms with Gasteiger partial charge in [-0.2, -0.15) is 5.26 Å². The summed E-state index contributed by atoms with van der Waals surface area (Å²) in [7, 11) is 0. The normalized spacial score (nSPS) is 21.9. The van der Waals surface area contributed by atoms with E-state index in [1.807, 2.05) is 0 Å². The Bertz CT molecular complexity index is 484. The van der Waals surface area contributed by atoms with E-state index in [9.17, 15) is 0 Å². The monoisotopic (exact) mass is 226 g/mol. The second kappa shape index (κ2) is 4.07. The number of nitriles is 1. The summed E-state index contributed by atoms with van der Waals surface area (Å²) in [6, 6.07) is 6.55. The summed E-state index contributed by atoms with van der Waals surface area (Å²) in [5, 5.41) is 9.14. The summed E-state index contributed by atoms with van der Waals surface area (Å²) in [4.78, 5) is 2.53. The first kappa shape index (κ1) is 10.7. The fraction of sp³-hybridized carbons (Fsp3) is 0.533. The van der Waals surface area contributed by atoms with Crippen LogP contribution in [0.1, 0.15) is 48.8 Å². The van der Waals surface area contributed by atoms with Crippen LogP contribution in [0.2, 0.25) is 0 Å². The maximum absolute atomic E-state index is 9.14. The van der Waals surface area contributed by atoms with Crippen LogP contribution in [0.15, 0.2) is 12.1 Å². The summed E-state index contributed by atoms with van der Waals surface area (Å²) in [5.41, 5.74) is 5.16. The first-order valence-electron chi connectivity index (χ1n) is 6.65. The fourth-order valence-corrected chi connectivity index (χ4v) is 3.36. The van der Waals surface area contributed by atoms with E-state index in [4.69, 9.17) is 5.26 Å². The minimum absolute atomic E-state index is 0.659. The Kier molecular flexibility index (Phi) is 2.55. The molecule has 3 rings (SSSR count). The van der Waals surface area contributed by atoms with Crippen molar-refractivity contribution in [3.63, 3.8) is 0 Å². The molecule has 0 saturated heterocycles. The molecule has 1 aromatic rings. The summed E-state index contributed by atoms with van der Waals surface area (Å²) in [5.74, 6) is 0.659. The summed E-state index contributed by atoms with van der Waals surface area (Å²) in [6.07, 6.45) is 4.82. The molecule has 0 aliphatic carbocycles. The lowest BCUT2D eigenvalue weighted by molar-refractivity contribution is 0.541. The SMILES string of the molecule is CCC1CCN2CCCc3cc(C#N)cc1c32. The average molecular weight is 226 g/mol. The van der Waals surface area contributed by atoms with Crippen LogP contribution >= 0.6 is 0 Å². The van der Waals surface area contributed by atoms with Crippen molar-refractivity contribution in [3.8, 4) is 6.07 Å². The van der Waals surface area contributed by atoms with Crippen molar-refractivity contribution in [1.82, 2.24) is 0 Å². The van der Waals surface area contributed by atoms with Crippen LogP contribution in [0.25, 0.3) is 0 Å². The number of nitrogens with zero attached hydrogens (tertiary/aromatic N) is 2. The van der Waals surface area contributed by atoms with Crippen molar-refractivity contribution < 1.29 is 0 Å². The highest BCUT2D eigenvalue weighted by Crippen LogP contribution is 2.42. The van der Waals surface area contributed by atoms with Crippen molar-refractivity contribution in [1.29, 1.82) is 5.26 Å². The highest BCUT2D eigenvalue weighted by atomic mass is 15.1. The molecule has 0 bridgehead atoms. The second-order valence-corrected chi connectivity index (χ2v) is 5.17. The molecule has 2 aliphatic rings. The number of rotatable bonds is 1. The molecule has 88 valence electrons. The number of hydrogen-bond acceptors (Lipinski definition) is 2. The van der Waals surface area contributed by atoms with E-state index in [0.717, 1.165) is 12.0 Å². The minimum Gasteiger partial charge on any atom is -0.371 e. The standard InChI is InChI=1S/C15H18N2/c1-2-12-5-7-17-6-3-4-13-8-11(10-16)9-14(12)15(13)17/h8-9,12H,2-7H2,1H3. The molecule has 2 heteroatoms. The lowest BCUT2D eigenvalue weighted by Gasteiger charge is -2.40. The molecule has 1 aromatic carbocycles. The topological polar surface area (TPSA) is 27.0 Å². The van der Waals surface area contributed by atoms with Crippen LogP contribution in [-0.2, 0) is 6.42 Å². The minimum atomic E-state index is 0.659. The number of aryl methyl sites for hydroxylation is 1. The van der Waals surface area contributed by atoms with E-state index in [0.29, 0.717) is 5.92 Å². The van der Waals surface area contributed by atoms with Crippen LogP contribution in [0.3, 0.4) is 0 Å². The second-order valence-electron chi connectivity index (χ2n) is 5.17. The fourth-order valence-electron chi connectivity index (χ4n) is 3.36. The first-order chi connectivity index (χ1) is 8.33. The number of anilines is 1. The molecule has 2 aliphatic heterocycles. The zero-order valence-corrected chi connectivity index (χ0v) is 10.4. The smallest absolute Gasteiger partial charge is 0.0991 e. The maximum atomic E-state index is 9.14. The van der Waals surface area contributed by atoms with Crippen LogP contribution in [0, 0.1) is 11.3 Å². The Morgan fingerprint density at radius 2 is 2.29 bits per heavy atom. The number of hydrogen-bond donors (Lipinski definition) is 0. The Morgan fingerprint density at radius 1 is 1.41 bits per heavy atom. The van der Waals surface area contributed by atoms with E-state index in [-0.39, 0.29) is 0 Å². The lowest BCUT2D eigenvalue weighted by Crippen LogP contribution is -2.35. The molecule has 0 saturated carbocycles. The number of benzene rings is 1. The van der Waals surface area contributed by atoms with Gasteiger partial charge in [-0.3, -0.25) is 0 Å². The quantitative estimate of drug-likeness (QED) is 0.735. The molecule has 0 amide bonds. The molecule has 1 unspecified atom stereocenters. The van der Waals surface area contributed by atoms with Crippen LogP contribution in [-0.4, -0.2) is 13.1 Å². The van der Waals surface area contributed by atoms with Crippen LogP contribution in [0.5, 0.6) is 0 Å². The van der Waals surface area contributed by atoms with Gasteiger partial charge in [-0.1, -0.05) is 6.92 Å². The van der Waals surface area contributed by atoms with Gasteiger partial charge in [0.15, 0.2) is 0 Å². The molecule has 0 radical (unpaired) electrons. The van der Waals surface area contributed by atoms with E-state index < -0.39 is 0 Å². The van der Waals surface area contributed by atoms with E-state index in [2.05, 4.69) is 30.0 Å². The zero-order chi connectivity index (χ0) is 11.8. The van der Waals surface area contributed by atoms with Crippen LogP contribution in [0.4, 0.5) is 5.69 Å². The lowest BCUT2D eigenvalue weighted by atomic mass is 9.82. The van der Waals surface area contributed by atoms with E-state index >= 15 is 0 Å². The maximum Gasteiger partial charge on any atom is 0.0991 e. The predicted octanol–water partition coefficient (Wildman–Crippen LogP) is 3.21.